The van der Waals surface area contributed by atoms with Gasteiger partial charge < -0.3 is 10.2 Å². The molecule has 4 heteroatoms. The van der Waals surface area contributed by atoms with Gasteiger partial charge in [-0.25, -0.2) is 0 Å². The fourth-order valence-corrected chi connectivity index (χ4v) is 4.39. The van der Waals surface area contributed by atoms with Crippen molar-refractivity contribution < 1.29 is 4.79 Å². The highest BCUT2D eigenvalue weighted by atomic mass is 16.1. The van der Waals surface area contributed by atoms with Crippen molar-refractivity contribution in [2.24, 2.45) is 0 Å². The Kier molecular flexibility index (Phi) is 8.37. The molecule has 1 amide bonds. The van der Waals surface area contributed by atoms with Crippen molar-refractivity contribution in [3.05, 3.63) is 59.7 Å². The lowest BCUT2D eigenvalue weighted by molar-refractivity contribution is 0.0939. The predicted molar refractivity (Wildman–Crippen MR) is 117 cm³/mol. The van der Waals surface area contributed by atoms with E-state index in [0.717, 1.165) is 6.42 Å². The van der Waals surface area contributed by atoms with Gasteiger partial charge in [0, 0.05) is 24.7 Å². The molecule has 1 N–H and O–H groups in total. The van der Waals surface area contributed by atoms with Crippen molar-refractivity contribution >= 4 is 5.91 Å². The Bertz CT molecular complexity index is 731. The Morgan fingerprint density at radius 3 is 2.07 bits per heavy atom. The number of rotatable bonds is 3. The first-order chi connectivity index (χ1) is 14.3. The monoisotopic (exact) mass is 391 g/mol. The average molecular weight is 392 g/mol. The molecule has 2 fully saturated rings. The zero-order valence-corrected chi connectivity index (χ0v) is 17.4. The van der Waals surface area contributed by atoms with Crippen molar-refractivity contribution in [2.45, 2.75) is 69.7 Å². The third-order valence-corrected chi connectivity index (χ3v) is 6.10. The number of hydrogen-bond donors (Lipinski definition) is 1. The highest BCUT2D eigenvalue weighted by molar-refractivity contribution is 5.94. The second-order valence-electron chi connectivity index (χ2n) is 8.29. The zero-order valence-electron chi connectivity index (χ0n) is 17.4. The van der Waals surface area contributed by atoms with Crippen molar-refractivity contribution in [3.63, 3.8) is 0 Å². The van der Waals surface area contributed by atoms with Gasteiger partial charge in [-0.2, -0.15) is 5.26 Å². The number of nitriles is 1. The van der Waals surface area contributed by atoms with Crippen LogP contribution in [0.25, 0.3) is 0 Å². The Morgan fingerprint density at radius 2 is 1.48 bits per heavy atom. The summed E-state index contributed by atoms with van der Waals surface area (Å²) in [6, 6.07) is 16.3. The highest BCUT2D eigenvalue weighted by Gasteiger charge is 2.23. The molecular weight excluding hydrogens is 358 g/mol. The first kappa shape index (κ1) is 21.2. The molecule has 1 saturated heterocycles. The average Bonchev–Trinajstić information content (AvgIpc) is 3.23. The van der Waals surface area contributed by atoms with Crippen LogP contribution in [0, 0.1) is 11.5 Å². The number of carbonyl (C=O) groups is 1. The summed E-state index contributed by atoms with van der Waals surface area (Å²) in [5, 5.41) is 12.0. The van der Waals surface area contributed by atoms with Crippen molar-refractivity contribution in [3.8, 4) is 6.19 Å². The van der Waals surface area contributed by atoms with Crippen molar-refractivity contribution in [1.82, 2.24) is 10.2 Å². The van der Waals surface area contributed by atoms with Crippen LogP contribution in [-0.4, -0.2) is 29.9 Å². The molecule has 0 spiro atoms. The molecular formula is C25H33N3O. The van der Waals surface area contributed by atoms with Gasteiger partial charge in [-0.1, -0.05) is 74.9 Å². The van der Waals surface area contributed by atoms with Gasteiger partial charge in [-0.3, -0.25) is 4.79 Å². The Morgan fingerprint density at radius 1 is 0.897 bits per heavy atom. The second kappa shape index (κ2) is 11.5. The largest absolute Gasteiger partial charge is 0.347 e. The maximum absolute atomic E-state index is 12.6. The van der Waals surface area contributed by atoms with Crippen LogP contribution in [0.3, 0.4) is 0 Å². The molecule has 4 nitrogen and oxygen atoms in total. The first-order valence-corrected chi connectivity index (χ1v) is 11.1. The smallest absolute Gasteiger partial charge is 0.251 e. The zero-order chi connectivity index (χ0) is 20.3. The van der Waals surface area contributed by atoms with Gasteiger partial charge in [0.25, 0.3) is 5.91 Å². The summed E-state index contributed by atoms with van der Waals surface area (Å²) in [6.07, 6.45) is 13.7. The van der Waals surface area contributed by atoms with Crippen LogP contribution in [0.4, 0.5) is 0 Å². The Hall–Kier alpha value is -2.54. The van der Waals surface area contributed by atoms with Crippen LogP contribution in [0.2, 0.25) is 0 Å². The summed E-state index contributed by atoms with van der Waals surface area (Å²) in [5.41, 5.74) is 2.04. The molecule has 1 heterocycles. The Labute approximate surface area is 175 Å². The molecule has 29 heavy (non-hydrogen) atoms. The van der Waals surface area contributed by atoms with Gasteiger partial charge in [0.05, 0.1) is 0 Å². The van der Waals surface area contributed by atoms with Gasteiger partial charge >= 0.3 is 0 Å². The van der Waals surface area contributed by atoms with Crippen LogP contribution in [-0.2, 0) is 0 Å². The van der Waals surface area contributed by atoms with Gasteiger partial charge in [0.1, 0.15) is 0 Å². The van der Waals surface area contributed by atoms with E-state index in [1.165, 1.54) is 56.9 Å². The predicted octanol–water partition coefficient (Wildman–Crippen LogP) is 5.31. The molecule has 1 aromatic rings. The van der Waals surface area contributed by atoms with E-state index in [2.05, 4.69) is 35.8 Å². The summed E-state index contributed by atoms with van der Waals surface area (Å²) in [6.45, 7) is 1.32. The molecule has 1 aliphatic heterocycles. The van der Waals surface area contributed by atoms with Crippen LogP contribution < -0.4 is 5.32 Å². The second-order valence-corrected chi connectivity index (χ2v) is 8.29. The minimum atomic E-state index is -0.0786. The topological polar surface area (TPSA) is 56.1 Å². The molecule has 0 radical (unpaired) electrons. The number of carbonyl (C=O) groups excluding carboxylic acids is 1. The normalized spacial score (nSPS) is 20.5. The molecule has 1 aliphatic carbocycles. The van der Waals surface area contributed by atoms with Gasteiger partial charge in [-0.15, -0.1) is 0 Å². The number of nitrogens with one attached hydrogen (secondary N) is 1. The van der Waals surface area contributed by atoms with Gasteiger partial charge in [-0.05, 0) is 42.9 Å². The molecule has 1 atom stereocenters. The van der Waals surface area contributed by atoms with E-state index in [0.29, 0.717) is 24.6 Å². The molecule has 1 aromatic carbocycles. The van der Waals surface area contributed by atoms with Crippen LogP contribution >= 0.6 is 0 Å². The quantitative estimate of drug-likeness (QED) is 0.710. The first-order valence-electron chi connectivity index (χ1n) is 11.1. The summed E-state index contributed by atoms with van der Waals surface area (Å²) in [4.78, 5) is 14.3. The third-order valence-electron chi connectivity index (χ3n) is 6.10. The summed E-state index contributed by atoms with van der Waals surface area (Å²) < 4.78 is 0. The number of hydrogen-bond acceptors (Lipinski definition) is 3. The van der Waals surface area contributed by atoms with E-state index in [1.54, 1.807) is 4.90 Å². The minimum absolute atomic E-state index is 0.0428. The lowest BCUT2D eigenvalue weighted by Gasteiger charge is -2.15. The van der Waals surface area contributed by atoms with E-state index in [1.807, 2.05) is 24.3 Å². The Balaban J connectivity index is 1.69. The fraction of sp³-hybridized carbons (Fsp3) is 0.520. The van der Waals surface area contributed by atoms with Crippen LogP contribution in [0.1, 0.15) is 79.6 Å². The fourth-order valence-electron chi connectivity index (χ4n) is 4.39. The van der Waals surface area contributed by atoms with E-state index in [-0.39, 0.29) is 11.9 Å². The maximum Gasteiger partial charge on any atom is 0.251 e. The van der Waals surface area contributed by atoms with Crippen LogP contribution in [0.5, 0.6) is 0 Å². The summed E-state index contributed by atoms with van der Waals surface area (Å²) in [7, 11) is 0. The minimum Gasteiger partial charge on any atom is -0.347 e. The molecule has 1 saturated carbocycles. The lowest BCUT2D eigenvalue weighted by Crippen LogP contribution is -2.36. The van der Waals surface area contributed by atoms with Gasteiger partial charge in [0.2, 0.25) is 0 Å². The molecule has 0 unspecified atom stereocenters. The standard InChI is InChI=1S/C25H33N3O/c26-20-28-18-17-24(19-28)27-25(29)23-15-9-7-13-22(14-8-10-16-23)21-11-5-3-1-2-4-6-12-21/h7-10,13-16,21,24H,1-6,11-12,17-19H2,(H,27,29)/t24-/m1/s1. The number of likely N-dealkylation sites (tertiary alicyclic amines) is 1. The van der Waals surface area contributed by atoms with E-state index < -0.39 is 0 Å². The van der Waals surface area contributed by atoms with Crippen LogP contribution in [0.15, 0.2) is 48.5 Å². The van der Waals surface area contributed by atoms with E-state index in [4.69, 9.17) is 5.26 Å². The number of nitrogens with zero attached hydrogens (tertiary/aromatic N) is 2. The maximum atomic E-state index is 12.6. The van der Waals surface area contributed by atoms with Gasteiger partial charge in [0.15, 0.2) is 6.19 Å². The highest BCUT2D eigenvalue weighted by Crippen LogP contribution is 2.29. The van der Waals surface area contributed by atoms with E-state index in [9.17, 15) is 4.79 Å². The summed E-state index contributed by atoms with van der Waals surface area (Å²) >= 11 is 0. The molecule has 3 rings (SSSR count). The van der Waals surface area contributed by atoms with Crippen molar-refractivity contribution in [1.29, 1.82) is 5.26 Å². The lowest BCUT2D eigenvalue weighted by atomic mass is 9.90. The van der Waals surface area contributed by atoms with Crippen molar-refractivity contribution in [2.75, 3.05) is 13.1 Å². The van der Waals surface area contributed by atoms with E-state index >= 15 is 0 Å². The molecule has 154 valence electrons. The summed E-state index contributed by atoms with van der Waals surface area (Å²) in [5.74, 6) is 0.559. The molecule has 2 aliphatic rings. The molecule has 0 aromatic heterocycles. The SMILES string of the molecule is N#CN1CC[C@@H](NC(=O)c2ccccc(C3CCCCCCCC3)cccc2)C1. The third kappa shape index (κ3) is 6.78. The number of amides is 1. The molecule has 0 bridgehead atoms.